The molecule has 140 valence electrons. The summed E-state index contributed by atoms with van der Waals surface area (Å²) in [7, 11) is 1.69. The van der Waals surface area contributed by atoms with E-state index in [4.69, 9.17) is 4.74 Å². The van der Waals surface area contributed by atoms with Crippen molar-refractivity contribution in [2.75, 3.05) is 44.7 Å². The number of methoxy groups -OCH3 is 1. The third kappa shape index (κ3) is 2.61. The maximum Gasteiger partial charge on any atom is 0.313 e. The van der Waals surface area contributed by atoms with E-state index in [0.29, 0.717) is 19.1 Å². The molecule has 3 aliphatic rings. The van der Waals surface area contributed by atoms with Gasteiger partial charge in [0.05, 0.1) is 18.7 Å². The smallest absolute Gasteiger partial charge is 0.313 e. The summed E-state index contributed by atoms with van der Waals surface area (Å²) in [6, 6.07) is 8.35. The number of hydrogen-bond acceptors (Lipinski definition) is 5. The number of carboxylic acids is 1. The molecule has 0 unspecified atom stereocenters. The predicted octanol–water partition coefficient (Wildman–Crippen LogP) is 0.797. The number of aliphatic carboxylic acids is 1. The van der Waals surface area contributed by atoms with Crippen molar-refractivity contribution >= 4 is 17.6 Å². The molecule has 4 rings (SSSR count). The van der Waals surface area contributed by atoms with Gasteiger partial charge in [-0.15, -0.1) is 0 Å². The Bertz CT molecular complexity index is 716. The number of carboxylic acid groups (broad SMARTS) is 1. The standard InChI is InChI=1S/C19H25N3O4/c1-26-16-5-3-2-4-15(16)21-8-6-13(7-9-21)22-10-14-17(23)20-11-19(14,12-22)18(24)25/h2-5,13-14H,6-12H2,1H3,(H,20,23)(H,24,25)/t14-,19+/m1/s1. The topological polar surface area (TPSA) is 82.1 Å². The summed E-state index contributed by atoms with van der Waals surface area (Å²) in [6.45, 7) is 3.07. The van der Waals surface area contributed by atoms with Crippen LogP contribution < -0.4 is 15.0 Å². The minimum atomic E-state index is -0.948. The molecule has 2 N–H and O–H groups in total. The van der Waals surface area contributed by atoms with Gasteiger partial charge in [-0.25, -0.2) is 0 Å². The second kappa shape index (κ2) is 6.46. The van der Waals surface area contributed by atoms with Crippen LogP contribution in [0.5, 0.6) is 5.75 Å². The Hall–Kier alpha value is -2.28. The van der Waals surface area contributed by atoms with Gasteiger partial charge >= 0.3 is 5.97 Å². The maximum atomic E-state index is 12.1. The second-order valence-corrected chi connectivity index (χ2v) is 7.55. The zero-order chi connectivity index (χ0) is 18.3. The molecule has 7 heteroatoms. The van der Waals surface area contributed by atoms with E-state index in [2.05, 4.69) is 21.2 Å². The monoisotopic (exact) mass is 359 g/mol. The van der Waals surface area contributed by atoms with E-state index in [1.807, 2.05) is 18.2 Å². The van der Waals surface area contributed by atoms with Crippen LogP contribution in [0.15, 0.2) is 24.3 Å². The largest absolute Gasteiger partial charge is 0.495 e. The Kier molecular flexibility index (Phi) is 4.26. The number of amides is 1. The van der Waals surface area contributed by atoms with E-state index in [0.717, 1.165) is 37.4 Å². The maximum absolute atomic E-state index is 12.1. The number of rotatable bonds is 4. The Morgan fingerprint density at radius 2 is 2.04 bits per heavy atom. The summed E-state index contributed by atoms with van der Waals surface area (Å²) in [5.74, 6) is -0.508. The molecule has 1 amide bonds. The average molecular weight is 359 g/mol. The zero-order valence-electron chi connectivity index (χ0n) is 15.0. The van der Waals surface area contributed by atoms with Crippen molar-refractivity contribution in [3.63, 3.8) is 0 Å². The quantitative estimate of drug-likeness (QED) is 0.827. The second-order valence-electron chi connectivity index (χ2n) is 7.55. The van der Waals surface area contributed by atoms with Gasteiger partial charge in [0.1, 0.15) is 11.2 Å². The number of carbonyl (C=O) groups is 2. The van der Waals surface area contributed by atoms with Crippen molar-refractivity contribution in [2.45, 2.75) is 18.9 Å². The number of anilines is 1. The highest BCUT2D eigenvalue weighted by molar-refractivity contribution is 5.92. The SMILES string of the molecule is COc1ccccc1N1CCC(N2C[C@@H]3C(=O)NC[C@]3(C(=O)O)C2)CC1. The van der Waals surface area contributed by atoms with Gasteiger partial charge in [-0.2, -0.15) is 0 Å². The minimum absolute atomic E-state index is 0.110. The first kappa shape index (κ1) is 17.1. The number of ether oxygens (including phenoxy) is 1. The third-order valence-corrected chi connectivity index (χ3v) is 6.30. The van der Waals surface area contributed by atoms with Gasteiger partial charge in [0.15, 0.2) is 0 Å². The van der Waals surface area contributed by atoms with E-state index in [9.17, 15) is 14.7 Å². The van der Waals surface area contributed by atoms with Crippen molar-refractivity contribution in [3.05, 3.63) is 24.3 Å². The summed E-state index contributed by atoms with van der Waals surface area (Å²) in [5, 5.41) is 12.5. The Morgan fingerprint density at radius 1 is 1.31 bits per heavy atom. The molecule has 0 bridgehead atoms. The molecule has 7 nitrogen and oxygen atoms in total. The molecule has 0 spiro atoms. The first-order valence-electron chi connectivity index (χ1n) is 9.18. The number of para-hydroxylation sites is 2. The molecular formula is C19H25N3O4. The number of fused-ring (bicyclic) bond motifs is 1. The lowest BCUT2D eigenvalue weighted by molar-refractivity contribution is -0.149. The number of piperidine rings is 1. The van der Waals surface area contributed by atoms with Gasteiger partial charge < -0.3 is 20.1 Å². The Labute approximate surface area is 152 Å². The van der Waals surface area contributed by atoms with Gasteiger partial charge in [-0.1, -0.05) is 12.1 Å². The normalized spacial score (nSPS) is 29.5. The lowest BCUT2D eigenvalue weighted by atomic mass is 9.81. The minimum Gasteiger partial charge on any atom is -0.495 e. The van der Waals surface area contributed by atoms with Crippen molar-refractivity contribution < 1.29 is 19.4 Å². The van der Waals surface area contributed by atoms with Crippen molar-refractivity contribution in [1.82, 2.24) is 10.2 Å². The molecule has 26 heavy (non-hydrogen) atoms. The van der Waals surface area contributed by atoms with Crippen LogP contribution in [0.25, 0.3) is 0 Å². The fourth-order valence-electron chi connectivity index (χ4n) is 4.76. The number of nitrogens with one attached hydrogen (secondary N) is 1. The van der Waals surface area contributed by atoms with Gasteiger partial charge in [-0.05, 0) is 25.0 Å². The molecule has 3 aliphatic heterocycles. The van der Waals surface area contributed by atoms with Crippen LogP contribution in [0.3, 0.4) is 0 Å². The fraction of sp³-hybridized carbons (Fsp3) is 0.579. The van der Waals surface area contributed by atoms with Crippen LogP contribution in [0.1, 0.15) is 12.8 Å². The number of carbonyl (C=O) groups excluding carboxylic acids is 1. The molecule has 2 atom stereocenters. The first-order chi connectivity index (χ1) is 12.5. The predicted molar refractivity (Wildman–Crippen MR) is 96.4 cm³/mol. The zero-order valence-corrected chi connectivity index (χ0v) is 15.0. The highest BCUT2D eigenvalue weighted by Gasteiger charge is 2.60. The van der Waals surface area contributed by atoms with Gasteiger partial charge in [0.25, 0.3) is 0 Å². The highest BCUT2D eigenvalue weighted by Crippen LogP contribution is 2.42. The molecule has 0 aliphatic carbocycles. The summed E-state index contributed by atoms with van der Waals surface area (Å²) in [6.07, 6.45) is 1.92. The molecule has 3 heterocycles. The first-order valence-corrected chi connectivity index (χ1v) is 9.18. The molecule has 1 aromatic carbocycles. The van der Waals surface area contributed by atoms with Crippen LogP contribution in [-0.2, 0) is 9.59 Å². The van der Waals surface area contributed by atoms with Crippen LogP contribution in [0.2, 0.25) is 0 Å². The van der Waals surface area contributed by atoms with E-state index in [1.165, 1.54) is 0 Å². The number of benzene rings is 1. The summed E-state index contributed by atoms with van der Waals surface area (Å²) in [4.78, 5) is 28.5. The van der Waals surface area contributed by atoms with E-state index in [-0.39, 0.29) is 12.5 Å². The number of likely N-dealkylation sites (tertiary alicyclic amines) is 1. The third-order valence-electron chi connectivity index (χ3n) is 6.30. The Morgan fingerprint density at radius 3 is 2.69 bits per heavy atom. The van der Waals surface area contributed by atoms with Crippen LogP contribution >= 0.6 is 0 Å². The molecular weight excluding hydrogens is 334 g/mol. The molecule has 3 saturated heterocycles. The number of nitrogens with zero attached hydrogens (tertiary/aromatic N) is 2. The summed E-state index contributed by atoms with van der Waals surface area (Å²) in [5.41, 5.74) is 0.157. The van der Waals surface area contributed by atoms with Crippen LogP contribution in [0.4, 0.5) is 5.69 Å². The van der Waals surface area contributed by atoms with Gasteiger partial charge in [0.2, 0.25) is 5.91 Å². The van der Waals surface area contributed by atoms with E-state index in [1.54, 1.807) is 7.11 Å². The molecule has 0 aromatic heterocycles. The molecule has 0 saturated carbocycles. The van der Waals surface area contributed by atoms with Gasteiger partial charge in [-0.3, -0.25) is 14.5 Å². The highest BCUT2D eigenvalue weighted by atomic mass is 16.5. The van der Waals surface area contributed by atoms with Gasteiger partial charge in [0, 0.05) is 38.8 Å². The fourth-order valence-corrected chi connectivity index (χ4v) is 4.76. The van der Waals surface area contributed by atoms with Crippen LogP contribution in [0, 0.1) is 11.3 Å². The summed E-state index contributed by atoms with van der Waals surface area (Å²) >= 11 is 0. The molecule has 1 aromatic rings. The average Bonchev–Trinajstić information content (AvgIpc) is 3.21. The van der Waals surface area contributed by atoms with Crippen LogP contribution in [-0.4, -0.2) is 67.8 Å². The number of hydrogen-bond donors (Lipinski definition) is 2. The van der Waals surface area contributed by atoms with Crippen molar-refractivity contribution in [3.8, 4) is 5.75 Å². The Balaban J connectivity index is 1.43. The van der Waals surface area contributed by atoms with Crippen molar-refractivity contribution in [2.24, 2.45) is 11.3 Å². The molecule has 3 fully saturated rings. The lowest BCUT2D eigenvalue weighted by Crippen LogP contribution is -2.47. The molecule has 0 radical (unpaired) electrons. The van der Waals surface area contributed by atoms with E-state index < -0.39 is 17.3 Å². The van der Waals surface area contributed by atoms with E-state index >= 15 is 0 Å². The summed E-state index contributed by atoms with van der Waals surface area (Å²) < 4.78 is 5.47. The lowest BCUT2D eigenvalue weighted by Gasteiger charge is -2.38. The van der Waals surface area contributed by atoms with Crippen molar-refractivity contribution in [1.29, 1.82) is 0 Å².